The summed E-state index contributed by atoms with van der Waals surface area (Å²) in [6.45, 7) is 4.85. The molecule has 15 heavy (non-hydrogen) atoms. The number of carbonyl (C=O) groups excluding carboxylic acids is 1. The summed E-state index contributed by atoms with van der Waals surface area (Å²) < 4.78 is 5.18. The minimum Gasteiger partial charge on any atom is -0.372 e. The van der Waals surface area contributed by atoms with Gasteiger partial charge in [-0.25, -0.2) is 0 Å². The van der Waals surface area contributed by atoms with E-state index in [9.17, 15) is 4.79 Å². The Bertz CT molecular complexity index is 177. The van der Waals surface area contributed by atoms with E-state index in [1.54, 1.807) is 0 Å². The molecule has 0 spiro atoms. The highest BCUT2D eigenvalue weighted by molar-refractivity contribution is 5.77. The van der Waals surface area contributed by atoms with Crippen LogP contribution in [-0.4, -0.2) is 38.3 Å². The predicted molar refractivity (Wildman–Crippen MR) is 59.8 cm³/mol. The van der Waals surface area contributed by atoms with E-state index < -0.39 is 0 Å². The lowest BCUT2D eigenvalue weighted by Gasteiger charge is -2.16. The van der Waals surface area contributed by atoms with Gasteiger partial charge in [0, 0.05) is 19.2 Å². The fraction of sp³-hybridized carbons (Fsp3) is 0.909. The molecular formula is C11H22N2O2. The van der Waals surface area contributed by atoms with E-state index in [4.69, 9.17) is 4.74 Å². The number of ether oxygens (including phenoxy) is 1. The molecule has 4 heteroatoms. The molecule has 1 amide bonds. The van der Waals surface area contributed by atoms with Gasteiger partial charge in [0.1, 0.15) is 6.61 Å². The van der Waals surface area contributed by atoms with Crippen molar-refractivity contribution in [3.63, 3.8) is 0 Å². The monoisotopic (exact) mass is 214 g/mol. The zero-order valence-electron chi connectivity index (χ0n) is 9.55. The fourth-order valence-corrected chi connectivity index (χ4v) is 1.72. The van der Waals surface area contributed by atoms with Crippen molar-refractivity contribution in [2.45, 2.75) is 38.6 Å². The number of carbonyl (C=O) groups is 1. The second-order valence-corrected chi connectivity index (χ2v) is 4.02. The molecule has 1 rings (SSSR count). The summed E-state index contributed by atoms with van der Waals surface area (Å²) in [5.41, 5.74) is 0. The van der Waals surface area contributed by atoms with E-state index in [-0.39, 0.29) is 18.6 Å². The molecule has 1 aliphatic heterocycles. The maximum atomic E-state index is 11.4. The van der Waals surface area contributed by atoms with E-state index >= 15 is 0 Å². The summed E-state index contributed by atoms with van der Waals surface area (Å²) in [6, 6.07) is 0.283. The lowest BCUT2D eigenvalue weighted by molar-refractivity contribution is -0.126. The van der Waals surface area contributed by atoms with Crippen molar-refractivity contribution in [2.24, 2.45) is 0 Å². The van der Waals surface area contributed by atoms with Crippen molar-refractivity contribution >= 4 is 5.91 Å². The average molecular weight is 214 g/mol. The number of amides is 1. The number of rotatable bonds is 5. The first-order chi connectivity index (χ1) is 7.33. The maximum Gasteiger partial charge on any atom is 0.246 e. The molecule has 0 saturated carbocycles. The third-order valence-corrected chi connectivity index (χ3v) is 2.49. The van der Waals surface area contributed by atoms with Crippen LogP contribution in [-0.2, 0) is 9.53 Å². The van der Waals surface area contributed by atoms with Crippen LogP contribution in [0.25, 0.3) is 0 Å². The van der Waals surface area contributed by atoms with Gasteiger partial charge >= 0.3 is 0 Å². The molecule has 0 aromatic rings. The normalized spacial score (nSPS) is 22.1. The lowest BCUT2D eigenvalue weighted by Crippen LogP contribution is -2.42. The van der Waals surface area contributed by atoms with Gasteiger partial charge < -0.3 is 15.4 Å². The number of hydrogen-bond donors (Lipinski definition) is 2. The Labute approximate surface area is 91.8 Å². The second kappa shape index (κ2) is 7.65. The largest absolute Gasteiger partial charge is 0.372 e. The van der Waals surface area contributed by atoms with Crippen molar-refractivity contribution in [1.82, 2.24) is 10.6 Å². The summed E-state index contributed by atoms with van der Waals surface area (Å²) in [5, 5.41) is 6.31. The first kappa shape index (κ1) is 12.5. The first-order valence-corrected chi connectivity index (χ1v) is 5.90. The van der Waals surface area contributed by atoms with Crippen LogP contribution in [0.1, 0.15) is 32.6 Å². The zero-order valence-corrected chi connectivity index (χ0v) is 9.55. The van der Waals surface area contributed by atoms with Crippen LogP contribution in [0.3, 0.4) is 0 Å². The molecule has 2 N–H and O–H groups in total. The van der Waals surface area contributed by atoms with Gasteiger partial charge in [0.05, 0.1) is 0 Å². The lowest BCUT2D eigenvalue weighted by atomic mass is 10.1. The van der Waals surface area contributed by atoms with Crippen LogP contribution in [0.5, 0.6) is 0 Å². The van der Waals surface area contributed by atoms with Gasteiger partial charge in [0.2, 0.25) is 5.91 Å². The Balaban J connectivity index is 2.12. The summed E-state index contributed by atoms with van der Waals surface area (Å²) in [4.78, 5) is 11.4. The average Bonchev–Trinajstić information content (AvgIpc) is 2.47. The van der Waals surface area contributed by atoms with Crippen molar-refractivity contribution in [3.05, 3.63) is 0 Å². The molecule has 0 aromatic heterocycles. The zero-order chi connectivity index (χ0) is 10.9. The third-order valence-electron chi connectivity index (χ3n) is 2.49. The predicted octanol–water partition coefficient (Wildman–Crippen LogP) is 0.671. The van der Waals surface area contributed by atoms with Crippen LogP contribution >= 0.6 is 0 Å². The smallest absolute Gasteiger partial charge is 0.246 e. The molecule has 1 unspecified atom stereocenters. The highest BCUT2D eigenvalue weighted by atomic mass is 16.5. The molecule has 1 saturated heterocycles. The van der Waals surface area contributed by atoms with Crippen molar-refractivity contribution in [2.75, 3.05) is 26.3 Å². The highest BCUT2D eigenvalue weighted by Crippen LogP contribution is 2.03. The fourth-order valence-electron chi connectivity index (χ4n) is 1.72. The van der Waals surface area contributed by atoms with Gasteiger partial charge in [-0.05, 0) is 25.8 Å². The van der Waals surface area contributed by atoms with Crippen molar-refractivity contribution in [1.29, 1.82) is 0 Å². The van der Waals surface area contributed by atoms with Gasteiger partial charge in [-0.1, -0.05) is 13.3 Å². The maximum absolute atomic E-state index is 11.4. The highest BCUT2D eigenvalue weighted by Gasteiger charge is 2.13. The van der Waals surface area contributed by atoms with E-state index in [0.29, 0.717) is 6.61 Å². The SMILES string of the molecule is CCCOCC(=O)NC1CCCCNC1. The molecule has 1 heterocycles. The van der Waals surface area contributed by atoms with E-state index in [0.717, 1.165) is 25.9 Å². The summed E-state index contributed by atoms with van der Waals surface area (Å²) in [6.07, 6.45) is 4.43. The topological polar surface area (TPSA) is 50.4 Å². The Kier molecular flexibility index (Phi) is 6.36. The van der Waals surface area contributed by atoms with Gasteiger partial charge in [-0.3, -0.25) is 4.79 Å². The van der Waals surface area contributed by atoms with Crippen LogP contribution in [0.15, 0.2) is 0 Å². The molecular weight excluding hydrogens is 192 g/mol. The molecule has 0 aliphatic carbocycles. The molecule has 0 radical (unpaired) electrons. The minimum atomic E-state index is 0.0112. The van der Waals surface area contributed by atoms with Gasteiger partial charge in [0.25, 0.3) is 0 Å². The van der Waals surface area contributed by atoms with E-state index in [2.05, 4.69) is 10.6 Å². The van der Waals surface area contributed by atoms with Gasteiger partial charge in [-0.2, -0.15) is 0 Å². The summed E-state index contributed by atoms with van der Waals surface area (Å²) >= 11 is 0. The molecule has 1 fully saturated rings. The first-order valence-electron chi connectivity index (χ1n) is 5.90. The number of hydrogen-bond acceptors (Lipinski definition) is 3. The quantitative estimate of drug-likeness (QED) is 0.661. The molecule has 4 nitrogen and oxygen atoms in total. The Morgan fingerprint density at radius 3 is 3.20 bits per heavy atom. The molecule has 1 aliphatic rings. The Morgan fingerprint density at radius 2 is 2.40 bits per heavy atom. The molecule has 0 bridgehead atoms. The van der Waals surface area contributed by atoms with Crippen LogP contribution in [0.2, 0.25) is 0 Å². The van der Waals surface area contributed by atoms with E-state index in [1.165, 1.54) is 12.8 Å². The molecule has 88 valence electrons. The standard InChI is InChI=1S/C11H22N2O2/c1-2-7-15-9-11(14)13-10-5-3-4-6-12-8-10/h10,12H,2-9H2,1H3,(H,13,14). The minimum absolute atomic E-state index is 0.0112. The van der Waals surface area contributed by atoms with Crippen molar-refractivity contribution < 1.29 is 9.53 Å². The Morgan fingerprint density at radius 1 is 1.53 bits per heavy atom. The van der Waals surface area contributed by atoms with Gasteiger partial charge in [0.15, 0.2) is 0 Å². The summed E-state index contributed by atoms with van der Waals surface area (Å²) in [5.74, 6) is 0.0112. The number of nitrogens with one attached hydrogen (secondary N) is 2. The molecule has 0 aromatic carbocycles. The van der Waals surface area contributed by atoms with Crippen molar-refractivity contribution in [3.8, 4) is 0 Å². The van der Waals surface area contributed by atoms with E-state index in [1.807, 2.05) is 6.92 Å². The van der Waals surface area contributed by atoms with Crippen LogP contribution < -0.4 is 10.6 Å². The summed E-state index contributed by atoms with van der Waals surface area (Å²) in [7, 11) is 0. The van der Waals surface area contributed by atoms with Gasteiger partial charge in [-0.15, -0.1) is 0 Å². The van der Waals surface area contributed by atoms with Crippen LogP contribution in [0.4, 0.5) is 0 Å². The molecule has 1 atom stereocenters. The Hall–Kier alpha value is -0.610. The van der Waals surface area contributed by atoms with Crippen LogP contribution in [0, 0.1) is 0 Å². The third kappa shape index (κ3) is 5.74. The second-order valence-electron chi connectivity index (χ2n) is 4.02.